The van der Waals surface area contributed by atoms with E-state index in [1.165, 1.54) is 0 Å². The van der Waals surface area contributed by atoms with Gasteiger partial charge in [-0.15, -0.1) is 0 Å². The first-order valence-corrected chi connectivity index (χ1v) is 13.2. The predicted molar refractivity (Wildman–Crippen MR) is 147 cm³/mol. The standard InChI is InChI=1S/C29H44N2O9/c1-27(2,3)38-23(33)16-15-20(24(34)39-28(4,5)6)30-22(32)17-21(25(35)40-29(7,8)9)31-26(36)37-18-19-13-11-10-12-14-19/h10-14,20-21H,15-18H2,1-9H3,(H,30,32)(H,31,36). The highest BCUT2D eigenvalue weighted by molar-refractivity contribution is 5.90. The van der Waals surface area contributed by atoms with Gasteiger partial charge in [0, 0.05) is 6.42 Å². The van der Waals surface area contributed by atoms with Gasteiger partial charge in [-0.05, 0) is 74.3 Å². The van der Waals surface area contributed by atoms with E-state index in [4.69, 9.17) is 18.9 Å². The second-order valence-corrected chi connectivity index (χ2v) is 12.3. The zero-order chi connectivity index (χ0) is 30.7. The number of nitrogens with one attached hydrogen (secondary N) is 2. The first kappa shape index (κ1) is 34.4. The van der Waals surface area contributed by atoms with Gasteiger partial charge in [-0.2, -0.15) is 0 Å². The lowest BCUT2D eigenvalue weighted by Gasteiger charge is -2.26. The molecule has 11 heteroatoms. The molecular weight excluding hydrogens is 520 g/mol. The number of benzene rings is 1. The summed E-state index contributed by atoms with van der Waals surface area (Å²) in [4.78, 5) is 63.4. The Morgan fingerprint density at radius 3 is 1.70 bits per heavy atom. The molecule has 1 rings (SSSR count). The molecule has 1 aromatic rings. The van der Waals surface area contributed by atoms with Crippen LogP contribution in [0, 0.1) is 0 Å². The summed E-state index contributed by atoms with van der Waals surface area (Å²) in [5.41, 5.74) is -1.74. The topological polar surface area (TPSA) is 146 Å². The Kier molecular flexibility index (Phi) is 12.6. The van der Waals surface area contributed by atoms with Gasteiger partial charge >= 0.3 is 24.0 Å². The highest BCUT2D eigenvalue weighted by Gasteiger charge is 2.33. The third-order valence-electron chi connectivity index (χ3n) is 4.67. The maximum atomic E-state index is 13.0. The average molecular weight is 565 g/mol. The van der Waals surface area contributed by atoms with Crippen LogP contribution in [0.2, 0.25) is 0 Å². The van der Waals surface area contributed by atoms with Crippen molar-refractivity contribution in [2.75, 3.05) is 0 Å². The number of carbonyl (C=O) groups is 5. The van der Waals surface area contributed by atoms with Gasteiger partial charge in [-0.1, -0.05) is 30.3 Å². The van der Waals surface area contributed by atoms with Gasteiger partial charge in [-0.25, -0.2) is 14.4 Å². The van der Waals surface area contributed by atoms with Crippen LogP contribution in [-0.4, -0.2) is 58.8 Å². The fourth-order valence-corrected chi connectivity index (χ4v) is 3.19. The number of alkyl carbamates (subject to hydrolysis) is 1. The molecule has 11 nitrogen and oxygen atoms in total. The van der Waals surface area contributed by atoms with Crippen molar-refractivity contribution in [2.45, 2.75) is 117 Å². The molecule has 2 atom stereocenters. The molecule has 40 heavy (non-hydrogen) atoms. The van der Waals surface area contributed by atoms with Crippen LogP contribution in [0.15, 0.2) is 30.3 Å². The predicted octanol–water partition coefficient (Wildman–Crippen LogP) is 3.96. The molecule has 0 aliphatic rings. The molecule has 0 saturated heterocycles. The van der Waals surface area contributed by atoms with Gasteiger partial charge in [0.1, 0.15) is 35.5 Å². The summed E-state index contributed by atoms with van der Waals surface area (Å²) < 4.78 is 21.2. The van der Waals surface area contributed by atoms with Crippen molar-refractivity contribution in [1.29, 1.82) is 0 Å². The van der Waals surface area contributed by atoms with Gasteiger partial charge in [0.2, 0.25) is 5.91 Å². The first-order chi connectivity index (χ1) is 18.2. The summed E-state index contributed by atoms with van der Waals surface area (Å²) in [6, 6.07) is 6.30. The van der Waals surface area contributed by atoms with Crippen LogP contribution >= 0.6 is 0 Å². The minimum atomic E-state index is -1.41. The number of rotatable bonds is 11. The van der Waals surface area contributed by atoms with Crippen molar-refractivity contribution < 1.29 is 42.9 Å². The van der Waals surface area contributed by atoms with Crippen molar-refractivity contribution >= 4 is 29.9 Å². The Morgan fingerprint density at radius 2 is 1.20 bits per heavy atom. The molecule has 0 aliphatic heterocycles. The molecule has 0 radical (unpaired) electrons. The number of hydrogen-bond donors (Lipinski definition) is 2. The highest BCUT2D eigenvalue weighted by Crippen LogP contribution is 2.15. The smallest absolute Gasteiger partial charge is 0.408 e. The number of amides is 2. The molecular formula is C29H44N2O9. The fourth-order valence-electron chi connectivity index (χ4n) is 3.19. The number of ether oxygens (including phenoxy) is 4. The molecule has 2 N–H and O–H groups in total. The van der Waals surface area contributed by atoms with E-state index in [0.717, 1.165) is 5.56 Å². The Hall–Kier alpha value is -3.63. The summed E-state index contributed by atoms with van der Waals surface area (Å²) in [6.07, 6.45) is -1.75. The lowest BCUT2D eigenvalue weighted by atomic mass is 10.1. The van der Waals surface area contributed by atoms with Crippen molar-refractivity contribution in [2.24, 2.45) is 0 Å². The molecule has 0 aromatic heterocycles. The van der Waals surface area contributed by atoms with E-state index in [-0.39, 0.29) is 19.4 Å². The van der Waals surface area contributed by atoms with E-state index in [2.05, 4.69) is 10.6 Å². The molecule has 0 saturated carbocycles. The third-order valence-corrected chi connectivity index (χ3v) is 4.67. The lowest BCUT2D eigenvalue weighted by Crippen LogP contribution is -2.50. The zero-order valence-electron chi connectivity index (χ0n) is 25.0. The summed E-state index contributed by atoms with van der Waals surface area (Å²) in [7, 11) is 0. The monoisotopic (exact) mass is 564 g/mol. The molecule has 0 aliphatic carbocycles. The van der Waals surface area contributed by atoms with Gasteiger partial charge in [-0.3, -0.25) is 9.59 Å². The average Bonchev–Trinajstić information content (AvgIpc) is 2.77. The normalized spacial score (nSPS) is 13.3. The zero-order valence-corrected chi connectivity index (χ0v) is 25.0. The van der Waals surface area contributed by atoms with E-state index in [1.807, 2.05) is 6.07 Å². The molecule has 0 spiro atoms. The second kappa shape index (κ2) is 14.7. The van der Waals surface area contributed by atoms with Crippen molar-refractivity contribution in [3.8, 4) is 0 Å². The molecule has 2 unspecified atom stereocenters. The SMILES string of the molecule is CC(C)(C)OC(=O)CCC(NC(=O)CC(NC(=O)OCc1ccccc1)C(=O)OC(C)(C)C)C(=O)OC(C)(C)C. The summed E-state index contributed by atoms with van der Waals surface area (Å²) in [5, 5.41) is 4.89. The van der Waals surface area contributed by atoms with Crippen molar-refractivity contribution in [3.05, 3.63) is 35.9 Å². The van der Waals surface area contributed by atoms with Crippen LogP contribution in [0.3, 0.4) is 0 Å². The quantitative estimate of drug-likeness (QED) is 0.301. The fraction of sp³-hybridized carbons (Fsp3) is 0.621. The van der Waals surface area contributed by atoms with Crippen LogP contribution in [0.4, 0.5) is 4.79 Å². The van der Waals surface area contributed by atoms with E-state index in [0.29, 0.717) is 0 Å². The number of esters is 3. The Morgan fingerprint density at radius 1 is 0.700 bits per heavy atom. The molecule has 0 fully saturated rings. The maximum absolute atomic E-state index is 13.0. The van der Waals surface area contributed by atoms with E-state index < -0.39 is 65.2 Å². The lowest BCUT2D eigenvalue weighted by molar-refractivity contribution is -0.160. The van der Waals surface area contributed by atoms with Crippen LogP contribution in [0.5, 0.6) is 0 Å². The molecule has 1 aromatic carbocycles. The Bertz CT molecular complexity index is 1020. The highest BCUT2D eigenvalue weighted by atomic mass is 16.6. The first-order valence-electron chi connectivity index (χ1n) is 13.2. The Labute approximate surface area is 236 Å². The number of hydrogen-bond acceptors (Lipinski definition) is 9. The van der Waals surface area contributed by atoms with Crippen LogP contribution in [-0.2, 0) is 44.7 Å². The van der Waals surface area contributed by atoms with Gasteiger partial charge in [0.15, 0.2) is 0 Å². The minimum absolute atomic E-state index is 0.0503. The van der Waals surface area contributed by atoms with E-state index in [1.54, 1.807) is 86.6 Å². The number of carbonyl (C=O) groups excluding carboxylic acids is 5. The third kappa shape index (κ3) is 15.7. The second-order valence-electron chi connectivity index (χ2n) is 12.3. The van der Waals surface area contributed by atoms with Crippen LogP contribution in [0.1, 0.15) is 87.1 Å². The van der Waals surface area contributed by atoms with Gasteiger partial charge in [0.25, 0.3) is 0 Å². The largest absolute Gasteiger partial charge is 0.460 e. The summed E-state index contributed by atoms with van der Waals surface area (Å²) >= 11 is 0. The van der Waals surface area contributed by atoms with Crippen molar-refractivity contribution in [1.82, 2.24) is 10.6 Å². The summed E-state index contributed by atoms with van der Waals surface area (Å²) in [5.74, 6) is -2.92. The van der Waals surface area contributed by atoms with Crippen LogP contribution in [0.25, 0.3) is 0 Å². The van der Waals surface area contributed by atoms with E-state index >= 15 is 0 Å². The van der Waals surface area contributed by atoms with Crippen molar-refractivity contribution in [3.63, 3.8) is 0 Å². The molecule has 2 amide bonds. The van der Waals surface area contributed by atoms with E-state index in [9.17, 15) is 24.0 Å². The van der Waals surface area contributed by atoms with Gasteiger partial charge in [0.05, 0.1) is 6.42 Å². The molecule has 0 bridgehead atoms. The summed E-state index contributed by atoms with van der Waals surface area (Å²) in [6.45, 7) is 15.0. The molecule has 224 valence electrons. The van der Waals surface area contributed by atoms with Crippen LogP contribution < -0.4 is 10.6 Å². The minimum Gasteiger partial charge on any atom is -0.460 e. The Balaban J connectivity index is 2.98. The van der Waals surface area contributed by atoms with Gasteiger partial charge < -0.3 is 29.6 Å². The molecule has 0 heterocycles. The maximum Gasteiger partial charge on any atom is 0.408 e.